The number of hydrogen-bond donors (Lipinski definition) is 1. The lowest BCUT2D eigenvalue weighted by atomic mass is 10.1. The van der Waals surface area contributed by atoms with Crippen LogP contribution in [0.4, 0.5) is 15.8 Å². The maximum atomic E-state index is 13.1. The summed E-state index contributed by atoms with van der Waals surface area (Å²) in [5.74, 6) is -0.458. The van der Waals surface area contributed by atoms with Gasteiger partial charge in [0.15, 0.2) is 0 Å². The summed E-state index contributed by atoms with van der Waals surface area (Å²) in [4.78, 5) is 0. The maximum Gasteiger partial charge on any atom is 0.231 e. The molecule has 0 atom stereocenters. The Hall–Kier alpha value is -2.59. The fourth-order valence-electron chi connectivity index (χ4n) is 1.98. The predicted octanol–water partition coefficient (Wildman–Crippen LogP) is 2.71. The van der Waals surface area contributed by atoms with Gasteiger partial charge < -0.3 is 5.32 Å². The average molecular weight is 333 g/mol. The molecule has 0 saturated carbocycles. The van der Waals surface area contributed by atoms with Crippen molar-refractivity contribution in [2.75, 3.05) is 22.9 Å². The van der Waals surface area contributed by atoms with Crippen LogP contribution in [-0.2, 0) is 16.6 Å². The van der Waals surface area contributed by atoms with E-state index in [0.717, 1.165) is 11.8 Å². The second kappa shape index (κ2) is 6.67. The second-order valence-electron chi connectivity index (χ2n) is 5.05. The lowest BCUT2D eigenvalue weighted by molar-refractivity contribution is 0.600. The van der Waals surface area contributed by atoms with Gasteiger partial charge in [0.25, 0.3) is 0 Å². The van der Waals surface area contributed by atoms with Gasteiger partial charge in [0.2, 0.25) is 10.0 Å². The molecule has 2 aromatic rings. The summed E-state index contributed by atoms with van der Waals surface area (Å²) in [7, 11) is -1.80. The van der Waals surface area contributed by atoms with Crippen LogP contribution >= 0.6 is 0 Å². The highest BCUT2D eigenvalue weighted by Crippen LogP contribution is 2.19. The minimum atomic E-state index is -3.29. The smallest absolute Gasteiger partial charge is 0.231 e. The molecule has 0 saturated heterocycles. The monoisotopic (exact) mass is 333 g/mol. The number of nitrogens with one attached hydrogen (secondary N) is 1. The van der Waals surface area contributed by atoms with Crippen molar-refractivity contribution in [2.45, 2.75) is 6.54 Å². The van der Waals surface area contributed by atoms with Gasteiger partial charge in [-0.25, -0.2) is 12.8 Å². The van der Waals surface area contributed by atoms with E-state index in [9.17, 15) is 12.8 Å². The molecule has 1 N–H and O–H groups in total. The lowest BCUT2D eigenvalue weighted by Crippen LogP contribution is -2.24. The number of hydrogen-bond acceptors (Lipinski definition) is 4. The lowest BCUT2D eigenvalue weighted by Gasteiger charge is -2.17. The molecule has 0 radical (unpaired) electrons. The molecule has 0 spiro atoms. The number of sulfonamides is 1. The van der Waals surface area contributed by atoms with E-state index < -0.39 is 15.8 Å². The van der Waals surface area contributed by atoms with Gasteiger partial charge in [-0.05, 0) is 35.9 Å². The molecule has 2 rings (SSSR count). The highest BCUT2D eigenvalue weighted by Gasteiger charge is 2.11. The second-order valence-corrected chi connectivity index (χ2v) is 7.07. The van der Waals surface area contributed by atoms with E-state index in [0.29, 0.717) is 17.9 Å². The number of halogens is 1. The Balaban J connectivity index is 2.10. The SMILES string of the molecule is CN(c1ccc(CNc2ccc(F)cc2C#N)cc1)S(C)(=O)=O. The maximum absolute atomic E-state index is 13.1. The zero-order valence-electron chi connectivity index (χ0n) is 12.7. The summed E-state index contributed by atoms with van der Waals surface area (Å²) >= 11 is 0. The van der Waals surface area contributed by atoms with Crippen LogP contribution in [-0.4, -0.2) is 21.7 Å². The number of nitriles is 1. The topological polar surface area (TPSA) is 73.2 Å². The molecule has 0 aliphatic heterocycles. The van der Waals surface area contributed by atoms with Gasteiger partial charge in [0.1, 0.15) is 11.9 Å². The first-order chi connectivity index (χ1) is 10.8. The van der Waals surface area contributed by atoms with Crippen molar-refractivity contribution in [3.63, 3.8) is 0 Å². The van der Waals surface area contributed by atoms with Gasteiger partial charge in [-0.3, -0.25) is 4.31 Å². The van der Waals surface area contributed by atoms with Crippen molar-refractivity contribution in [1.29, 1.82) is 5.26 Å². The van der Waals surface area contributed by atoms with Crippen LogP contribution in [0, 0.1) is 17.1 Å². The molecule has 5 nitrogen and oxygen atoms in total. The third kappa shape index (κ3) is 4.20. The van der Waals surface area contributed by atoms with Crippen molar-refractivity contribution in [1.82, 2.24) is 0 Å². The minimum absolute atomic E-state index is 0.235. The quantitative estimate of drug-likeness (QED) is 0.913. The molecule has 0 fully saturated rings. The number of rotatable bonds is 5. The number of benzene rings is 2. The Morgan fingerprint density at radius 3 is 2.43 bits per heavy atom. The van der Waals surface area contributed by atoms with Crippen molar-refractivity contribution >= 4 is 21.4 Å². The Labute approximate surface area is 135 Å². The summed E-state index contributed by atoms with van der Waals surface area (Å²) in [6.45, 7) is 0.434. The van der Waals surface area contributed by atoms with Crippen LogP contribution in [0.5, 0.6) is 0 Å². The first-order valence-corrected chi connectivity index (χ1v) is 8.62. The number of anilines is 2. The molecule has 0 aliphatic rings. The molecule has 0 amide bonds. The van der Waals surface area contributed by atoms with E-state index >= 15 is 0 Å². The molecule has 0 aromatic heterocycles. The van der Waals surface area contributed by atoms with E-state index in [2.05, 4.69) is 5.32 Å². The molecule has 2 aromatic carbocycles. The molecule has 0 aliphatic carbocycles. The highest BCUT2D eigenvalue weighted by molar-refractivity contribution is 7.92. The molecular weight excluding hydrogens is 317 g/mol. The Morgan fingerprint density at radius 1 is 1.22 bits per heavy atom. The van der Waals surface area contributed by atoms with Gasteiger partial charge in [-0.1, -0.05) is 12.1 Å². The van der Waals surface area contributed by atoms with E-state index in [-0.39, 0.29) is 5.56 Å². The minimum Gasteiger partial charge on any atom is -0.380 e. The molecular formula is C16H16FN3O2S. The number of nitrogens with zero attached hydrogens (tertiary/aromatic N) is 2. The van der Waals surface area contributed by atoms with Crippen LogP contribution in [0.25, 0.3) is 0 Å². The van der Waals surface area contributed by atoms with Crippen LogP contribution < -0.4 is 9.62 Å². The van der Waals surface area contributed by atoms with Crippen molar-refractivity contribution in [2.24, 2.45) is 0 Å². The summed E-state index contributed by atoms with van der Waals surface area (Å²) in [5, 5.41) is 12.1. The molecule has 0 unspecified atom stereocenters. The van der Waals surface area contributed by atoms with E-state index in [1.54, 1.807) is 24.3 Å². The summed E-state index contributed by atoms with van der Waals surface area (Å²) < 4.78 is 37.2. The highest BCUT2D eigenvalue weighted by atomic mass is 32.2. The van der Waals surface area contributed by atoms with Gasteiger partial charge >= 0.3 is 0 Å². The Morgan fingerprint density at radius 2 is 1.87 bits per heavy atom. The summed E-state index contributed by atoms with van der Waals surface area (Å²) in [5.41, 5.74) is 2.25. The van der Waals surface area contributed by atoms with Gasteiger partial charge in [-0.15, -0.1) is 0 Å². The van der Waals surface area contributed by atoms with Crippen LogP contribution in [0.1, 0.15) is 11.1 Å². The third-order valence-corrected chi connectivity index (χ3v) is 4.59. The largest absolute Gasteiger partial charge is 0.380 e. The van der Waals surface area contributed by atoms with Crippen LogP contribution in [0.15, 0.2) is 42.5 Å². The summed E-state index contributed by atoms with van der Waals surface area (Å²) in [6, 6.07) is 12.9. The Kier molecular flexibility index (Phi) is 4.86. The van der Waals surface area contributed by atoms with E-state index in [4.69, 9.17) is 5.26 Å². The fourth-order valence-corrected chi connectivity index (χ4v) is 2.48. The fraction of sp³-hybridized carbons (Fsp3) is 0.188. The zero-order valence-corrected chi connectivity index (χ0v) is 13.6. The zero-order chi connectivity index (χ0) is 17.0. The van der Waals surface area contributed by atoms with Crippen LogP contribution in [0.2, 0.25) is 0 Å². The summed E-state index contributed by atoms with van der Waals surface area (Å²) in [6.07, 6.45) is 1.14. The molecule has 120 valence electrons. The molecule has 0 heterocycles. The first-order valence-electron chi connectivity index (χ1n) is 6.77. The van der Waals surface area contributed by atoms with Crippen LogP contribution in [0.3, 0.4) is 0 Å². The van der Waals surface area contributed by atoms with Crippen molar-refractivity contribution < 1.29 is 12.8 Å². The van der Waals surface area contributed by atoms with E-state index in [1.165, 1.54) is 29.6 Å². The van der Waals surface area contributed by atoms with Gasteiger partial charge in [0, 0.05) is 13.6 Å². The molecule has 0 bridgehead atoms. The Bertz CT molecular complexity index is 843. The van der Waals surface area contributed by atoms with Gasteiger partial charge in [0.05, 0.1) is 23.2 Å². The normalized spacial score (nSPS) is 10.9. The molecule has 23 heavy (non-hydrogen) atoms. The van der Waals surface area contributed by atoms with Crippen molar-refractivity contribution in [3.8, 4) is 6.07 Å². The predicted molar refractivity (Wildman–Crippen MR) is 88.1 cm³/mol. The van der Waals surface area contributed by atoms with Gasteiger partial charge in [-0.2, -0.15) is 5.26 Å². The van der Waals surface area contributed by atoms with E-state index in [1.807, 2.05) is 6.07 Å². The third-order valence-electron chi connectivity index (χ3n) is 3.38. The average Bonchev–Trinajstić information content (AvgIpc) is 2.52. The molecule has 7 heteroatoms. The first kappa shape index (κ1) is 16.8. The standard InChI is InChI=1S/C16H16FN3O2S/c1-20(23(2,21)22)15-6-3-12(4-7-15)11-19-16-8-5-14(17)9-13(16)10-18/h3-9,19H,11H2,1-2H3. The van der Waals surface area contributed by atoms with Crippen molar-refractivity contribution in [3.05, 3.63) is 59.4 Å².